The zero-order valence-corrected chi connectivity index (χ0v) is 9.72. The molecule has 0 atom stereocenters. The standard InChI is InChI=1S/C13H11FN2O2/c1-8-6-11(13(17)18)16-12(15-8)7-9-4-2-3-5-10(9)14/h2-6H,7H2,1H3,(H,17,18). The van der Waals surface area contributed by atoms with E-state index < -0.39 is 5.97 Å². The minimum Gasteiger partial charge on any atom is -0.477 e. The van der Waals surface area contributed by atoms with Gasteiger partial charge in [0.1, 0.15) is 11.6 Å². The van der Waals surface area contributed by atoms with Gasteiger partial charge < -0.3 is 5.11 Å². The summed E-state index contributed by atoms with van der Waals surface area (Å²) in [5.74, 6) is -1.16. The number of hydrogen-bond acceptors (Lipinski definition) is 3. The summed E-state index contributed by atoms with van der Waals surface area (Å²) < 4.78 is 13.5. The molecule has 0 fully saturated rings. The molecule has 2 aromatic rings. The first-order valence-electron chi connectivity index (χ1n) is 5.37. The molecule has 0 aliphatic heterocycles. The van der Waals surface area contributed by atoms with E-state index in [9.17, 15) is 9.18 Å². The molecule has 0 saturated heterocycles. The van der Waals surface area contributed by atoms with Crippen molar-refractivity contribution in [2.24, 2.45) is 0 Å². The summed E-state index contributed by atoms with van der Waals surface area (Å²) >= 11 is 0. The van der Waals surface area contributed by atoms with E-state index in [2.05, 4.69) is 9.97 Å². The number of carboxylic acids is 1. The highest BCUT2D eigenvalue weighted by molar-refractivity contribution is 5.85. The zero-order chi connectivity index (χ0) is 13.1. The van der Waals surface area contributed by atoms with Crippen LogP contribution in [0.1, 0.15) is 27.6 Å². The van der Waals surface area contributed by atoms with Crippen LogP contribution in [0, 0.1) is 12.7 Å². The smallest absolute Gasteiger partial charge is 0.354 e. The van der Waals surface area contributed by atoms with Crippen LogP contribution in [0.25, 0.3) is 0 Å². The van der Waals surface area contributed by atoms with Gasteiger partial charge in [-0.25, -0.2) is 19.2 Å². The van der Waals surface area contributed by atoms with Gasteiger partial charge in [0.15, 0.2) is 5.69 Å². The van der Waals surface area contributed by atoms with Crippen molar-refractivity contribution in [3.05, 3.63) is 58.9 Å². The molecule has 1 heterocycles. The van der Waals surface area contributed by atoms with Crippen LogP contribution in [-0.4, -0.2) is 21.0 Å². The van der Waals surface area contributed by atoms with Gasteiger partial charge in [-0.15, -0.1) is 0 Å². The third-order valence-electron chi connectivity index (χ3n) is 2.43. The minimum atomic E-state index is -1.12. The quantitative estimate of drug-likeness (QED) is 0.901. The van der Waals surface area contributed by atoms with Gasteiger partial charge in [-0.2, -0.15) is 0 Å². The molecule has 1 aromatic carbocycles. The molecule has 0 radical (unpaired) electrons. The van der Waals surface area contributed by atoms with Crippen molar-refractivity contribution in [2.75, 3.05) is 0 Å². The molecule has 0 saturated carbocycles. The Hall–Kier alpha value is -2.30. The van der Waals surface area contributed by atoms with Crippen LogP contribution in [0.3, 0.4) is 0 Å². The Morgan fingerprint density at radius 2 is 2.06 bits per heavy atom. The number of carbonyl (C=O) groups is 1. The molecular formula is C13H11FN2O2. The first-order valence-corrected chi connectivity index (χ1v) is 5.37. The Morgan fingerprint density at radius 1 is 1.33 bits per heavy atom. The number of carboxylic acid groups (broad SMARTS) is 1. The van der Waals surface area contributed by atoms with Gasteiger partial charge in [0, 0.05) is 12.1 Å². The number of nitrogens with zero attached hydrogens (tertiary/aromatic N) is 2. The summed E-state index contributed by atoms with van der Waals surface area (Å²) in [5.41, 5.74) is 0.919. The zero-order valence-electron chi connectivity index (χ0n) is 9.72. The number of aromatic nitrogens is 2. The van der Waals surface area contributed by atoms with E-state index in [0.29, 0.717) is 17.1 Å². The number of rotatable bonds is 3. The molecular weight excluding hydrogens is 235 g/mol. The van der Waals surface area contributed by atoms with Crippen molar-refractivity contribution in [3.8, 4) is 0 Å². The van der Waals surface area contributed by atoms with E-state index in [1.165, 1.54) is 12.1 Å². The van der Waals surface area contributed by atoms with Crippen molar-refractivity contribution in [3.63, 3.8) is 0 Å². The van der Waals surface area contributed by atoms with E-state index in [4.69, 9.17) is 5.11 Å². The maximum Gasteiger partial charge on any atom is 0.354 e. The van der Waals surface area contributed by atoms with Crippen molar-refractivity contribution in [1.29, 1.82) is 0 Å². The number of hydrogen-bond donors (Lipinski definition) is 1. The van der Waals surface area contributed by atoms with Crippen molar-refractivity contribution in [1.82, 2.24) is 9.97 Å². The predicted octanol–water partition coefficient (Wildman–Crippen LogP) is 2.21. The van der Waals surface area contributed by atoms with Crippen LogP contribution >= 0.6 is 0 Å². The molecule has 92 valence electrons. The molecule has 0 amide bonds. The summed E-state index contributed by atoms with van der Waals surface area (Å²) in [5, 5.41) is 8.89. The third kappa shape index (κ3) is 2.68. The molecule has 1 aromatic heterocycles. The Morgan fingerprint density at radius 3 is 2.72 bits per heavy atom. The summed E-state index contributed by atoms with van der Waals surface area (Å²) in [7, 11) is 0. The molecule has 0 spiro atoms. The monoisotopic (exact) mass is 246 g/mol. The number of aryl methyl sites for hydroxylation is 1. The molecule has 2 rings (SSSR count). The molecule has 0 bridgehead atoms. The van der Waals surface area contributed by atoms with Crippen LogP contribution in [-0.2, 0) is 6.42 Å². The Bertz CT molecular complexity index is 599. The van der Waals surface area contributed by atoms with Crippen molar-refractivity contribution in [2.45, 2.75) is 13.3 Å². The lowest BCUT2D eigenvalue weighted by atomic mass is 10.1. The molecule has 18 heavy (non-hydrogen) atoms. The fourth-order valence-electron chi connectivity index (χ4n) is 1.63. The molecule has 1 N–H and O–H groups in total. The third-order valence-corrected chi connectivity index (χ3v) is 2.43. The normalized spacial score (nSPS) is 10.3. The second-order valence-corrected chi connectivity index (χ2v) is 3.88. The van der Waals surface area contributed by atoms with Crippen LogP contribution < -0.4 is 0 Å². The van der Waals surface area contributed by atoms with E-state index in [0.717, 1.165) is 0 Å². The van der Waals surface area contributed by atoms with E-state index in [1.54, 1.807) is 25.1 Å². The van der Waals surface area contributed by atoms with Crippen LogP contribution in [0.4, 0.5) is 4.39 Å². The molecule has 0 aliphatic carbocycles. The average molecular weight is 246 g/mol. The Kier molecular flexibility index (Phi) is 3.32. The topological polar surface area (TPSA) is 63.1 Å². The lowest BCUT2D eigenvalue weighted by Gasteiger charge is -2.04. The fraction of sp³-hybridized carbons (Fsp3) is 0.154. The van der Waals surface area contributed by atoms with Crippen LogP contribution in [0.15, 0.2) is 30.3 Å². The Balaban J connectivity index is 2.35. The minimum absolute atomic E-state index is 0.0751. The van der Waals surface area contributed by atoms with Gasteiger partial charge in [-0.3, -0.25) is 0 Å². The second-order valence-electron chi connectivity index (χ2n) is 3.88. The van der Waals surface area contributed by atoms with Gasteiger partial charge in [-0.1, -0.05) is 18.2 Å². The summed E-state index contributed by atoms with van der Waals surface area (Å²) in [6.45, 7) is 1.68. The summed E-state index contributed by atoms with van der Waals surface area (Å²) in [6, 6.07) is 7.67. The van der Waals surface area contributed by atoms with Gasteiger partial charge in [-0.05, 0) is 24.6 Å². The SMILES string of the molecule is Cc1cc(C(=O)O)nc(Cc2ccccc2F)n1. The lowest BCUT2D eigenvalue weighted by Crippen LogP contribution is -2.07. The largest absolute Gasteiger partial charge is 0.477 e. The maximum absolute atomic E-state index is 13.5. The maximum atomic E-state index is 13.5. The first-order chi connectivity index (χ1) is 8.56. The molecule has 4 nitrogen and oxygen atoms in total. The molecule has 0 unspecified atom stereocenters. The van der Waals surface area contributed by atoms with E-state index in [1.807, 2.05) is 0 Å². The van der Waals surface area contributed by atoms with Crippen LogP contribution in [0.2, 0.25) is 0 Å². The van der Waals surface area contributed by atoms with E-state index in [-0.39, 0.29) is 17.9 Å². The highest BCUT2D eigenvalue weighted by Crippen LogP contribution is 2.11. The van der Waals surface area contributed by atoms with Crippen LogP contribution in [0.5, 0.6) is 0 Å². The average Bonchev–Trinajstić information content (AvgIpc) is 2.31. The Labute approximate surface area is 103 Å². The van der Waals surface area contributed by atoms with Crippen molar-refractivity contribution < 1.29 is 14.3 Å². The summed E-state index contributed by atoms with van der Waals surface area (Å²) in [4.78, 5) is 18.9. The molecule has 5 heteroatoms. The molecule has 0 aliphatic rings. The van der Waals surface area contributed by atoms with Gasteiger partial charge >= 0.3 is 5.97 Å². The van der Waals surface area contributed by atoms with Gasteiger partial charge in [0.05, 0.1) is 0 Å². The number of halogens is 1. The van der Waals surface area contributed by atoms with Crippen molar-refractivity contribution >= 4 is 5.97 Å². The second kappa shape index (κ2) is 4.91. The number of benzene rings is 1. The fourth-order valence-corrected chi connectivity index (χ4v) is 1.63. The predicted molar refractivity (Wildman–Crippen MR) is 62.9 cm³/mol. The first kappa shape index (κ1) is 12.2. The highest BCUT2D eigenvalue weighted by Gasteiger charge is 2.10. The van der Waals surface area contributed by atoms with Gasteiger partial charge in [0.25, 0.3) is 0 Å². The lowest BCUT2D eigenvalue weighted by molar-refractivity contribution is 0.0689. The number of aromatic carboxylic acids is 1. The summed E-state index contributed by atoms with van der Waals surface area (Å²) in [6.07, 6.45) is 0.175. The van der Waals surface area contributed by atoms with Gasteiger partial charge in [0.2, 0.25) is 0 Å². The highest BCUT2D eigenvalue weighted by atomic mass is 19.1. The van der Waals surface area contributed by atoms with E-state index >= 15 is 0 Å².